The van der Waals surface area contributed by atoms with E-state index in [1.807, 2.05) is 0 Å². The van der Waals surface area contributed by atoms with Gasteiger partial charge in [-0.05, 0) is 24.3 Å². The zero-order valence-electron chi connectivity index (χ0n) is 10.6. The van der Waals surface area contributed by atoms with Gasteiger partial charge in [-0.15, -0.1) is 0 Å². The number of anilines is 2. The SMILES string of the molecule is CC1(C)CCCC1Nc1nc(NN)c(Cl)cc1Cl. The molecule has 0 saturated heterocycles. The van der Waals surface area contributed by atoms with Crippen molar-refractivity contribution < 1.29 is 0 Å². The zero-order chi connectivity index (χ0) is 13.3. The van der Waals surface area contributed by atoms with Crippen LogP contribution in [0.25, 0.3) is 0 Å². The van der Waals surface area contributed by atoms with Gasteiger partial charge in [-0.3, -0.25) is 0 Å². The van der Waals surface area contributed by atoms with Crippen LogP contribution >= 0.6 is 23.2 Å². The van der Waals surface area contributed by atoms with E-state index in [4.69, 9.17) is 29.0 Å². The fourth-order valence-electron chi connectivity index (χ4n) is 2.43. The van der Waals surface area contributed by atoms with Crippen LogP contribution in [0, 0.1) is 5.41 Å². The van der Waals surface area contributed by atoms with Crippen LogP contribution in [0.4, 0.5) is 11.6 Å². The molecular formula is C12H18Cl2N4. The van der Waals surface area contributed by atoms with Gasteiger partial charge in [-0.1, -0.05) is 43.5 Å². The van der Waals surface area contributed by atoms with E-state index in [0.717, 1.165) is 6.42 Å². The predicted octanol–water partition coefficient (Wildman–Crippen LogP) is 3.66. The Kier molecular flexibility index (Phi) is 3.90. The smallest absolute Gasteiger partial charge is 0.161 e. The van der Waals surface area contributed by atoms with Crippen LogP contribution in [0.15, 0.2) is 6.07 Å². The number of hydrogen-bond acceptors (Lipinski definition) is 4. The highest BCUT2D eigenvalue weighted by Gasteiger charge is 2.34. The molecule has 0 spiro atoms. The Morgan fingerprint density at radius 1 is 1.33 bits per heavy atom. The number of nitrogens with two attached hydrogens (primary N) is 1. The second kappa shape index (κ2) is 5.11. The van der Waals surface area contributed by atoms with E-state index in [2.05, 4.69) is 29.6 Å². The molecule has 2 rings (SSSR count). The normalized spacial score (nSPS) is 21.9. The van der Waals surface area contributed by atoms with Crippen LogP contribution < -0.4 is 16.6 Å². The molecule has 0 bridgehead atoms. The molecular weight excluding hydrogens is 271 g/mol. The van der Waals surface area contributed by atoms with E-state index in [9.17, 15) is 0 Å². The van der Waals surface area contributed by atoms with Gasteiger partial charge >= 0.3 is 0 Å². The summed E-state index contributed by atoms with van der Waals surface area (Å²) in [5, 5.41) is 4.34. The first-order valence-corrected chi connectivity index (χ1v) is 6.79. The number of aromatic nitrogens is 1. The molecule has 1 aliphatic carbocycles. The van der Waals surface area contributed by atoms with Crippen molar-refractivity contribution in [1.82, 2.24) is 4.98 Å². The van der Waals surface area contributed by atoms with Crippen LogP contribution in [0.5, 0.6) is 0 Å². The number of hydrazine groups is 1. The first-order valence-electron chi connectivity index (χ1n) is 6.03. The Morgan fingerprint density at radius 3 is 2.56 bits per heavy atom. The third kappa shape index (κ3) is 2.66. The van der Waals surface area contributed by atoms with E-state index < -0.39 is 0 Å². The molecule has 100 valence electrons. The fourth-order valence-corrected chi connectivity index (χ4v) is 2.90. The third-order valence-electron chi connectivity index (χ3n) is 3.63. The average Bonchev–Trinajstić information content (AvgIpc) is 2.62. The summed E-state index contributed by atoms with van der Waals surface area (Å²) in [6.45, 7) is 4.51. The molecule has 1 aromatic rings. The molecule has 0 aromatic carbocycles. The minimum absolute atomic E-state index is 0.251. The number of rotatable bonds is 3. The second-order valence-electron chi connectivity index (χ2n) is 5.37. The van der Waals surface area contributed by atoms with Crippen molar-refractivity contribution in [1.29, 1.82) is 0 Å². The Labute approximate surface area is 117 Å². The summed E-state index contributed by atoms with van der Waals surface area (Å²) in [4.78, 5) is 4.31. The minimum Gasteiger partial charge on any atom is -0.365 e. The minimum atomic E-state index is 0.251. The molecule has 0 amide bonds. The van der Waals surface area contributed by atoms with Crippen molar-refractivity contribution >= 4 is 34.8 Å². The predicted molar refractivity (Wildman–Crippen MR) is 77.1 cm³/mol. The van der Waals surface area contributed by atoms with Gasteiger partial charge in [-0.2, -0.15) is 0 Å². The summed E-state index contributed by atoms with van der Waals surface area (Å²) in [6.07, 6.45) is 3.55. The highest BCUT2D eigenvalue weighted by atomic mass is 35.5. The van der Waals surface area contributed by atoms with Gasteiger partial charge in [0.15, 0.2) is 5.82 Å². The lowest BCUT2D eigenvalue weighted by Gasteiger charge is -2.28. The van der Waals surface area contributed by atoms with Gasteiger partial charge in [0.25, 0.3) is 0 Å². The first kappa shape index (κ1) is 13.7. The Bertz CT molecular complexity index is 448. The quantitative estimate of drug-likeness (QED) is 0.587. The number of halogens is 2. The van der Waals surface area contributed by atoms with Crippen LogP contribution in [-0.4, -0.2) is 11.0 Å². The summed E-state index contributed by atoms with van der Waals surface area (Å²) < 4.78 is 0. The maximum Gasteiger partial charge on any atom is 0.161 e. The number of nitrogen functional groups attached to an aromatic ring is 1. The van der Waals surface area contributed by atoms with Crippen molar-refractivity contribution in [2.24, 2.45) is 11.3 Å². The molecule has 1 aromatic heterocycles. The zero-order valence-corrected chi connectivity index (χ0v) is 12.1. The van der Waals surface area contributed by atoms with Crippen LogP contribution in [0.3, 0.4) is 0 Å². The van der Waals surface area contributed by atoms with Gasteiger partial charge in [0.2, 0.25) is 0 Å². The molecule has 0 aliphatic heterocycles. The van der Waals surface area contributed by atoms with Crippen molar-refractivity contribution in [2.45, 2.75) is 39.2 Å². The Morgan fingerprint density at radius 2 is 2.00 bits per heavy atom. The first-order chi connectivity index (χ1) is 8.44. The summed E-state index contributed by atoms with van der Waals surface area (Å²) in [6, 6.07) is 2.02. The topological polar surface area (TPSA) is 63.0 Å². The number of pyridine rings is 1. The molecule has 0 radical (unpaired) electrons. The monoisotopic (exact) mass is 288 g/mol. The molecule has 1 saturated carbocycles. The molecule has 1 fully saturated rings. The Balaban J connectivity index is 2.24. The Hall–Kier alpha value is -0.710. The molecule has 18 heavy (non-hydrogen) atoms. The van der Waals surface area contributed by atoms with Crippen LogP contribution in [0.1, 0.15) is 33.1 Å². The van der Waals surface area contributed by atoms with Crippen molar-refractivity contribution in [3.63, 3.8) is 0 Å². The largest absolute Gasteiger partial charge is 0.365 e. The number of nitrogens with one attached hydrogen (secondary N) is 2. The lowest BCUT2D eigenvalue weighted by Crippen LogP contribution is -2.31. The van der Waals surface area contributed by atoms with Crippen LogP contribution in [-0.2, 0) is 0 Å². The van der Waals surface area contributed by atoms with Gasteiger partial charge in [0.05, 0.1) is 10.0 Å². The average molecular weight is 289 g/mol. The lowest BCUT2D eigenvalue weighted by molar-refractivity contribution is 0.349. The molecule has 1 unspecified atom stereocenters. The van der Waals surface area contributed by atoms with E-state index in [1.54, 1.807) is 6.07 Å². The van der Waals surface area contributed by atoms with Crippen LogP contribution in [0.2, 0.25) is 10.0 Å². The highest BCUT2D eigenvalue weighted by molar-refractivity contribution is 6.37. The highest BCUT2D eigenvalue weighted by Crippen LogP contribution is 2.40. The van der Waals surface area contributed by atoms with Gasteiger partial charge in [0, 0.05) is 6.04 Å². The van der Waals surface area contributed by atoms with Gasteiger partial charge in [-0.25, -0.2) is 10.8 Å². The maximum atomic E-state index is 6.15. The molecule has 6 heteroatoms. The van der Waals surface area contributed by atoms with E-state index in [0.29, 0.717) is 27.7 Å². The summed E-state index contributed by atoms with van der Waals surface area (Å²) in [5.74, 6) is 6.43. The van der Waals surface area contributed by atoms with E-state index >= 15 is 0 Å². The molecule has 4 N–H and O–H groups in total. The standard InChI is InChI=1S/C12H18Cl2N4/c1-12(2)5-3-4-9(12)16-10-7(13)6-8(14)11(17-10)18-15/h6,9H,3-5,15H2,1-2H3,(H2,16,17,18). The summed E-state index contributed by atoms with van der Waals surface area (Å²) in [7, 11) is 0. The van der Waals surface area contributed by atoms with E-state index in [1.165, 1.54) is 12.8 Å². The van der Waals surface area contributed by atoms with Gasteiger partial charge in [0.1, 0.15) is 5.82 Å². The molecule has 1 aliphatic rings. The van der Waals surface area contributed by atoms with Crippen molar-refractivity contribution in [2.75, 3.05) is 10.7 Å². The van der Waals surface area contributed by atoms with E-state index in [-0.39, 0.29) is 5.41 Å². The fraction of sp³-hybridized carbons (Fsp3) is 0.583. The lowest BCUT2D eigenvalue weighted by atomic mass is 9.87. The second-order valence-corrected chi connectivity index (χ2v) is 6.19. The summed E-state index contributed by atoms with van der Waals surface area (Å²) in [5.41, 5.74) is 2.72. The van der Waals surface area contributed by atoms with Gasteiger partial charge < -0.3 is 10.7 Å². The maximum absolute atomic E-state index is 6.15. The molecule has 1 atom stereocenters. The molecule has 1 heterocycles. The third-order valence-corrected chi connectivity index (χ3v) is 4.21. The summed E-state index contributed by atoms with van der Waals surface area (Å²) >= 11 is 12.1. The number of nitrogens with zero attached hydrogens (tertiary/aromatic N) is 1. The molecule has 4 nitrogen and oxygen atoms in total. The number of hydrogen-bond donors (Lipinski definition) is 3. The van der Waals surface area contributed by atoms with Crippen molar-refractivity contribution in [3.8, 4) is 0 Å². The van der Waals surface area contributed by atoms with Crippen molar-refractivity contribution in [3.05, 3.63) is 16.1 Å².